The second-order valence-electron chi connectivity index (χ2n) is 7.47. The minimum atomic E-state index is -1.22. The minimum absolute atomic E-state index is 0.102. The van der Waals surface area contributed by atoms with E-state index in [1.54, 1.807) is 48.5 Å². The number of nitrogens with two attached hydrogens (primary N) is 1. The van der Waals surface area contributed by atoms with E-state index in [1.807, 2.05) is 6.07 Å². The first kappa shape index (κ1) is 26.8. The van der Waals surface area contributed by atoms with Crippen molar-refractivity contribution in [1.29, 1.82) is 5.41 Å². The number of methoxy groups -OCH3 is 1. The fourth-order valence-electron chi connectivity index (χ4n) is 3.05. The zero-order valence-corrected chi connectivity index (χ0v) is 19.2. The Morgan fingerprint density at radius 1 is 1.06 bits per heavy atom. The Labute approximate surface area is 202 Å². The molecule has 0 fully saturated rings. The molecule has 12 nitrogen and oxygen atoms in total. The molecule has 2 rings (SSSR count). The van der Waals surface area contributed by atoms with Crippen molar-refractivity contribution in [2.75, 3.05) is 13.7 Å². The highest BCUT2D eigenvalue weighted by atomic mass is 16.5. The lowest BCUT2D eigenvalue weighted by atomic mass is 10.0. The van der Waals surface area contributed by atoms with Crippen LogP contribution in [0.2, 0.25) is 0 Å². The topological polar surface area (TPSA) is 191 Å². The normalized spacial score (nSPS) is 12.4. The molecule has 0 aliphatic carbocycles. The van der Waals surface area contributed by atoms with Gasteiger partial charge in [-0.25, -0.2) is 9.59 Å². The lowest BCUT2D eigenvalue weighted by molar-refractivity contribution is -0.142. The van der Waals surface area contributed by atoms with Crippen molar-refractivity contribution < 1.29 is 24.2 Å². The first-order valence-electron chi connectivity index (χ1n) is 10.8. The summed E-state index contributed by atoms with van der Waals surface area (Å²) in [5.41, 5.74) is 6.38. The van der Waals surface area contributed by atoms with Gasteiger partial charge in [0.15, 0.2) is 5.96 Å². The second-order valence-corrected chi connectivity index (χ2v) is 7.47. The molecule has 7 N–H and O–H groups in total. The van der Waals surface area contributed by atoms with Gasteiger partial charge < -0.3 is 31.5 Å². The second kappa shape index (κ2) is 13.9. The zero-order valence-electron chi connectivity index (χ0n) is 19.2. The van der Waals surface area contributed by atoms with E-state index in [1.165, 1.54) is 7.11 Å². The number of hydrogen-bond donors (Lipinski definition) is 6. The van der Waals surface area contributed by atoms with E-state index in [9.17, 15) is 19.5 Å². The maximum Gasteiger partial charge on any atom is 0.360 e. The van der Waals surface area contributed by atoms with Crippen molar-refractivity contribution >= 4 is 29.6 Å². The fourth-order valence-corrected chi connectivity index (χ4v) is 3.05. The van der Waals surface area contributed by atoms with E-state index in [4.69, 9.17) is 15.9 Å². The average Bonchev–Trinajstić information content (AvgIpc) is 2.84. The summed E-state index contributed by atoms with van der Waals surface area (Å²) in [6.45, 7) is 0.283. The summed E-state index contributed by atoms with van der Waals surface area (Å²) in [5, 5.41) is 31.6. The Kier molecular flexibility index (Phi) is 10.7. The number of carboxylic acid groups (broad SMARTS) is 1. The van der Waals surface area contributed by atoms with Gasteiger partial charge in [0.1, 0.15) is 17.8 Å². The quantitative estimate of drug-likeness (QED) is 0.115. The molecule has 0 aliphatic heterocycles. The Morgan fingerprint density at radius 3 is 2.34 bits per heavy atom. The third-order valence-electron chi connectivity index (χ3n) is 4.83. The van der Waals surface area contributed by atoms with Gasteiger partial charge in [-0.15, -0.1) is 5.11 Å². The molecule has 35 heavy (non-hydrogen) atoms. The number of aliphatic carboxylic acids is 1. The lowest BCUT2D eigenvalue weighted by Gasteiger charge is -2.21. The molecule has 186 valence electrons. The third kappa shape index (κ3) is 9.90. The molecule has 0 bridgehead atoms. The predicted molar refractivity (Wildman–Crippen MR) is 129 cm³/mol. The molecular weight excluding hydrogens is 454 g/mol. The molecule has 12 heteroatoms. The van der Waals surface area contributed by atoms with Crippen LogP contribution in [0, 0.1) is 5.41 Å². The Hall–Kier alpha value is -4.48. The van der Waals surface area contributed by atoms with E-state index >= 15 is 0 Å². The smallest absolute Gasteiger partial charge is 0.360 e. The molecule has 0 aliphatic rings. The third-order valence-corrected chi connectivity index (χ3v) is 4.83. The number of urea groups is 1. The number of azo groups is 1. The van der Waals surface area contributed by atoms with E-state index in [0.717, 1.165) is 5.56 Å². The van der Waals surface area contributed by atoms with Gasteiger partial charge >= 0.3 is 12.0 Å². The number of amides is 3. The first-order valence-corrected chi connectivity index (χ1v) is 10.8. The molecule has 2 aromatic carbocycles. The van der Waals surface area contributed by atoms with Crippen molar-refractivity contribution in [2.24, 2.45) is 16.0 Å². The summed E-state index contributed by atoms with van der Waals surface area (Å²) >= 11 is 0. The number of benzene rings is 2. The van der Waals surface area contributed by atoms with Crippen LogP contribution in [0.15, 0.2) is 64.8 Å². The highest BCUT2D eigenvalue weighted by molar-refractivity contribution is 5.90. The number of carbonyl (C=O) groups excluding carboxylic acids is 2. The number of rotatable bonds is 12. The van der Waals surface area contributed by atoms with Gasteiger partial charge in [0.2, 0.25) is 5.91 Å². The minimum Gasteiger partial charge on any atom is -0.497 e. The molecular formula is C23H29N7O5. The molecule has 2 aromatic rings. The van der Waals surface area contributed by atoms with Gasteiger partial charge in [0, 0.05) is 13.0 Å². The Bertz CT molecular complexity index is 1030. The number of carboxylic acids is 1. The zero-order chi connectivity index (χ0) is 25.6. The number of ether oxygens (including phenoxy) is 1. The van der Waals surface area contributed by atoms with Crippen molar-refractivity contribution in [2.45, 2.75) is 31.3 Å². The van der Waals surface area contributed by atoms with Gasteiger partial charge in [-0.1, -0.05) is 35.4 Å². The predicted octanol–water partition coefficient (Wildman–Crippen LogP) is 1.93. The average molecular weight is 484 g/mol. The monoisotopic (exact) mass is 483 g/mol. The van der Waals surface area contributed by atoms with E-state index in [2.05, 4.69) is 26.2 Å². The van der Waals surface area contributed by atoms with Gasteiger partial charge in [0.05, 0.1) is 12.8 Å². The Balaban J connectivity index is 2.07. The fraction of sp³-hybridized carbons (Fsp3) is 0.304. The SMILES string of the molecule is COc1ccc(/N=N/C(=O)N[C@@H](Cc2ccccc2)C(=O)NC(CCCNC(=N)N)C(=O)O)cc1. The summed E-state index contributed by atoms with van der Waals surface area (Å²) < 4.78 is 5.06. The van der Waals surface area contributed by atoms with Crippen LogP contribution in [0.5, 0.6) is 5.75 Å². The van der Waals surface area contributed by atoms with E-state index in [0.29, 0.717) is 17.9 Å². The van der Waals surface area contributed by atoms with Gasteiger partial charge in [-0.3, -0.25) is 10.2 Å². The van der Waals surface area contributed by atoms with Crippen molar-refractivity contribution in [3.8, 4) is 5.75 Å². The number of guanidine groups is 1. The van der Waals surface area contributed by atoms with Crippen molar-refractivity contribution in [3.63, 3.8) is 0 Å². The van der Waals surface area contributed by atoms with Crippen molar-refractivity contribution in [1.82, 2.24) is 16.0 Å². The van der Waals surface area contributed by atoms with Crippen LogP contribution in [0.1, 0.15) is 18.4 Å². The van der Waals surface area contributed by atoms with E-state index < -0.39 is 30.0 Å². The van der Waals surface area contributed by atoms with Crippen LogP contribution in [-0.2, 0) is 16.0 Å². The summed E-state index contributed by atoms with van der Waals surface area (Å²) in [5.74, 6) is -1.49. The van der Waals surface area contributed by atoms with Crippen LogP contribution in [-0.4, -0.2) is 54.7 Å². The van der Waals surface area contributed by atoms with Crippen LogP contribution < -0.4 is 26.4 Å². The molecule has 0 spiro atoms. The molecule has 2 atom stereocenters. The number of hydrogen-bond acceptors (Lipinski definition) is 6. The highest BCUT2D eigenvalue weighted by Crippen LogP contribution is 2.18. The van der Waals surface area contributed by atoms with Gasteiger partial charge in [0.25, 0.3) is 0 Å². The standard InChI is InChI=1S/C23H29N7O5/c1-35-17-11-9-16(10-12-17)29-30-23(34)28-19(14-15-6-3-2-4-7-15)20(31)27-18(21(32)33)8-5-13-26-22(24)25/h2-4,6-7,9-12,18-19H,5,8,13-14H2,1H3,(H,27,31)(H,28,34)(H,32,33)(H4,24,25,26)/b30-29+/t18?,19-/m0/s1. The van der Waals surface area contributed by atoms with Crippen LogP contribution in [0.25, 0.3) is 0 Å². The van der Waals surface area contributed by atoms with E-state index in [-0.39, 0.29) is 25.3 Å². The Morgan fingerprint density at radius 2 is 1.74 bits per heavy atom. The summed E-state index contributed by atoms with van der Waals surface area (Å²) in [7, 11) is 1.53. The summed E-state index contributed by atoms with van der Waals surface area (Å²) in [4.78, 5) is 37.0. The maximum absolute atomic E-state index is 12.9. The molecule has 0 saturated heterocycles. The summed E-state index contributed by atoms with van der Waals surface area (Å²) in [6.07, 6.45) is 0.571. The van der Waals surface area contributed by atoms with Gasteiger partial charge in [-0.2, -0.15) is 0 Å². The molecule has 0 radical (unpaired) electrons. The van der Waals surface area contributed by atoms with Crippen LogP contribution in [0.3, 0.4) is 0 Å². The molecule has 3 amide bonds. The van der Waals surface area contributed by atoms with Crippen LogP contribution in [0.4, 0.5) is 10.5 Å². The van der Waals surface area contributed by atoms with Crippen LogP contribution >= 0.6 is 0 Å². The number of carbonyl (C=O) groups is 3. The largest absolute Gasteiger partial charge is 0.497 e. The number of nitrogens with one attached hydrogen (secondary N) is 4. The van der Waals surface area contributed by atoms with Crippen molar-refractivity contribution in [3.05, 3.63) is 60.2 Å². The maximum atomic E-state index is 12.9. The molecule has 0 saturated carbocycles. The molecule has 0 aromatic heterocycles. The molecule has 0 heterocycles. The summed E-state index contributed by atoms with van der Waals surface area (Å²) in [6, 6.07) is 12.4. The molecule has 1 unspecified atom stereocenters. The lowest BCUT2D eigenvalue weighted by Crippen LogP contribution is -2.52. The first-order chi connectivity index (χ1) is 16.8. The number of nitrogens with zero attached hydrogens (tertiary/aromatic N) is 2. The van der Waals surface area contributed by atoms with Gasteiger partial charge in [-0.05, 0) is 42.7 Å². The highest BCUT2D eigenvalue weighted by Gasteiger charge is 2.26.